The van der Waals surface area contributed by atoms with E-state index in [1.807, 2.05) is 31.3 Å². The van der Waals surface area contributed by atoms with Gasteiger partial charge in [0.1, 0.15) is 5.75 Å². The Balaban J connectivity index is 1.53. The number of thioether (sulfide) groups is 1. The number of nitrogens with zero attached hydrogens (tertiary/aromatic N) is 3. The molecule has 0 fully saturated rings. The predicted octanol–water partition coefficient (Wildman–Crippen LogP) is 3.61. The van der Waals surface area contributed by atoms with Gasteiger partial charge in [-0.15, -0.1) is 10.2 Å². The molecule has 0 aliphatic carbocycles. The smallest absolute Gasteiger partial charge is 0.251 e. The fraction of sp³-hybridized carbons (Fsp3) is 0.304. The maximum Gasteiger partial charge on any atom is 0.251 e. The summed E-state index contributed by atoms with van der Waals surface area (Å²) in [5.41, 5.74) is 2.45. The summed E-state index contributed by atoms with van der Waals surface area (Å²) in [5, 5.41) is 14.7. The second-order valence-corrected chi connectivity index (χ2v) is 8.39. The quantitative estimate of drug-likeness (QED) is 0.481. The topological polar surface area (TPSA) is 98.1 Å². The summed E-state index contributed by atoms with van der Waals surface area (Å²) in [5.74, 6) is 1.48. The Hall–Kier alpha value is -3.33. The number of hydrogen-bond acceptors (Lipinski definition) is 6. The van der Waals surface area contributed by atoms with Gasteiger partial charge in [0.15, 0.2) is 11.0 Å². The summed E-state index contributed by atoms with van der Waals surface area (Å²) < 4.78 is 6.87. The third-order valence-electron chi connectivity index (χ3n) is 4.87. The number of carbonyl (C=O) groups excluding carboxylic acids is 2. The van der Waals surface area contributed by atoms with E-state index in [0.717, 1.165) is 11.3 Å². The van der Waals surface area contributed by atoms with Crippen LogP contribution in [0.1, 0.15) is 41.5 Å². The van der Waals surface area contributed by atoms with Gasteiger partial charge in [0, 0.05) is 18.3 Å². The molecular weight excluding hydrogens is 426 g/mol. The van der Waals surface area contributed by atoms with Crippen molar-refractivity contribution in [3.05, 3.63) is 65.5 Å². The number of rotatable bonds is 9. The summed E-state index contributed by atoms with van der Waals surface area (Å²) in [7, 11) is 3.39. The Kier molecular flexibility index (Phi) is 7.88. The molecular formula is C23H27N5O3S. The highest BCUT2D eigenvalue weighted by molar-refractivity contribution is 7.99. The fourth-order valence-electron chi connectivity index (χ4n) is 3.06. The number of amides is 2. The summed E-state index contributed by atoms with van der Waals surface area (Å²) in [4.78, 5) is 24.8. The molecule has 0 aliphatic heterocycles. The van der Waals surface area contributed by atoms with E-state index in [0.29, 0.717) is 28.2 Å². The van der Waals surface area contributed by atoms with Crippen molar-refractivity contribution >= 4 is 29.3 Å². The number of carbonyl (C=O) groups is 2. The number of ether oxygens (including phenoxy) is 1. The van der Waals surface area contributed by atoms with Gasteiger partial charge in [-0.2, -0.15) is 0 Å². The van der Waals surface area contributed by atoms with Crippen molar-refractivity contribution in [2.75, 3.05) is 18.2 Å². The molecule has 3 rings (SSSR count). The molecule has 1 aromatic heterocycles. The zero-order valence-corrected chi connectivity index (χ0v) is 19.4. The van der Waals surface area contributed by atoms with Crippen molar-refractivity contribution < 1.29 is 14.3 Å². The molecule has 0 bridgehead atoms. The van der Waals surface area contributed by atoms with Crippen LogP contribution in [0.15, 0.2) is 53.7 Å². The molecule has 32 heavy (non-hydrogen) atoms. The van der Waals surface area contributed by atoms with Crippen molar-refractivity contribution in [3.8, 4) is 5.75 Å². The Morgan fingerprint density at radius 2 is 1.81 bits per heavy atom. The molecule has 9 heteroatoms. The Labute approximate surface area is 191 Å². The van der Waals surface area contributed by atoms with Crippen LogP contribution < -0.4 is 15.4 Å². The van der Waals surface area contributed by atoms with E-state index in [9.17, 15) is 9.59 Å². The highest BCUT2D eigenvalue weighted by atomic mass is 32.2. The Morgan fingerprint density at radius 1 is 1.09 bits per heavy atom. The van der Waals surface area contributed by atoms with Gasteiger partial charge in [0.05, 0.1) is 19.4 Å². The number of nitrogens with one attached hydrogen (secondary N) is 2. The molecule has 0 radical (unpaired) electrons. The second-order valence-electron chi connectivity index (χ2n) is 7.45. The van der Waals surface area contributed by atoms with Gasteiger partial charge < -0.3 is 19.9 Å². The number of methoxy groups -OCH3 is 1. The minimum atomic E-state index is -0.215. The minimum Gasteiger partial charge on any atom is -0.497 e. The first-order valence-corrected chi connectivity index (χ1v) is 11.2. The second kappa shape index (κ2) is 10.8. The lowest BCUT2D eigenvalue weighted by atomic mass is 10.0. The Morgan fingerprint density at radius 3 is 2.50 bits per heavy atom. The number of para-hydroxylation sites is 1. The summed E-state index contributed by atoms with van der Waals surface area (Å²) >= 11 is 1.29. The molecule has 0 aliphatic rings. The summed E-state index contributed by atoms with van der Waals surface area (Å²) in [6.07, 6.45) is 0. The third kappa shape index (κ3) is 5.88. The maximum atomic E-state index is 12.4. The van der Waals surface area contributed by atoms with E-state index in [1.165, 1.54) is 11.8 Å². The van der Waals surface area contributed by atoms with Gasteiger partial charge in [0.25, 0.3) is 5.91 Å². The number of anilines is 1. The lowest BCUT2D eigenvalue weighted by molar-refractivity contribution is -0.113. The van der Waals surface area contributed by atoms with Crippen LogP contribution in [0.3, 0.4) is 0 Å². The van der Waals surface area contributed by atoms with E-state index in [4.69, 9.17) is 4.74 Å². The first kappa shape index (κ1) is 23.3. The third-order valence-corrected chi connectivity index (χ3v) is 5.89. The average Bonchev–Trinajstić information content (AvgIpc) is 3.15. The molecule has 2 amide bonds. The average molecular weight is 454 g/mol. The Bertz CT molecular complexity index is 1080. The lowest BCUT2D eigenvalue weighted by Crippen LogP contribution is -2.24. The molecule has 2 N–H and O–H groups in total. The van der Waals surface area contributed by atoms with Crippen LogP contribution in [0.5, 0.6) is 5.75 Å². The number of benzene rings is 2. The van der Waals surface area contributed by atoms with Gasteiger partial charge in [0.2, 0.25) is 5.91 Å². The molecule has 0 saturated heterocycles. The maximum absolute atomic E-state index is 12.4. The standard InChI is InChI=1S/C23H27N5O3S/c1-15(2)18-7-5-6-8-19(18)25-21(29)14-32-23-27-26-20(28(23)3)13-24-22(30)16-9-11-17(31-4)12-10-16/h5-12,15H,13-14H2,1-4H3,(H,24,30)(H,25,29). The zero-order chi connectivity index (χ0) is 23.1. The molecule has 0 spiro atoms. The molecule has 3 aromatic rings. The SMILES string of the molecule is COc1ccc(C(=O)NCc2nnc(SCC(=O)Nc3ccccc3C(C)C)n2C)cc1. The molecule has 0 saturated carbocycles. The van der Waals surface area contributed by atoms with Crippen molar-refractivity contribution in [1.82, 2.24) is 20.1 Å². The number of aromatic nitrogens is 3. The van der Waals surface area contributed by atoms with E-state index in [-0.39, 0.29) is 24.1 Å². The molecule has 2 aromatic carbocycles. The normalized spacial score (nSPS) is 10.8. The van der Waals surface area contributed by atoms with Gasteiger partial charge in [-0.25, -0.2) is 0 Å². The van der Waals surface area contributed by atoms with Gasteiger partial charge in [-0.1, -0.05) is 43.8 Å². The summed E-state index contributed by atoms with van der Waals surface area (Å²) in [6.45, 7) is 4.41. The monoisotopic (exact) mass is 453 g/mol. The molecule has 0 unspecified atom stereocenters. The van der Waals surface area contributed by atoms with Crippen molar-refractivity contribution in [3.63, 3.8) is 0 Å². The number of hydrogen-bond donors (Lipinski definition) is 2. The molecule has 168 valence electrons. The molecule has 0 atom stereocenters. The fourth-order valence-corrected chi connectivity index (χ4v) is 3.79. The minimum absolute atomic E-state index is 0.111. The largest absolute Gasteiger partial charge is 0.497 e. The van der Waals surface area contributed by atoms with Crippen LogP contribution in [-0.4, -0.2) is 39.4 Å². The van der Waals surface area contributed by atoms with Gasteiger partial charge >= 0.3 is 0 Å². The predicted molar refractivity (Wildman–Crippen MR) is 125 cm³/mol. The van der Waals surface area contributed by atoms with Crippen molar-refractivity contribution in [2.45, 2.75) is 31.5 Å². The van der Waals surface area contributed by atoms with E-state index in [2.05, 4.69) is 34.7 Å². The van der Waals surface area contributed by atoms with Crippen molar-refractivity contribution in [2.24, 2.45) is 7.05 Å². The highest BCUT2D eigenvalue weighted by Crippen LogP contribution is 2.24. The molecule has 8 nitrogen and oxygen atoms in total. The van der Waals surface area contributed by atoms with E-state index >= 15 is 0 Å². The first-order chi connectivity index (χ1) is 15.4. The lowest BCUT2D eigenvalue weighted by Gasteiger charge is -2.13. The van der Waals surface area contributed by atoms with E-state index in [1.54, 1.807) is 35.9 Å². The molecule has 1 heterocycles. The first-order valence-electron chi connectivity index (χ1n) is 10.2. The van der Waals surface area contributed by atoms with Crippen LogP contribution >= 0.6 is 11.8 Å². The van der Waals surface area contributed by atoms with Crippen LogP contribution in [-0.2, 0) is 18.4 Å². The van der Waals surface area contributed by atoms with Crippen LogP contribution in [0.4, 0.5) is 5.69 Å². The van der Waals surface area contributed by atoms with Crippen LogP contribution in [0.25, 0.3) is 0 Å². The highest BCUT2D eigenvalue weighted by Gasteiger charge is 2.14. The van der Waals surface area contributed by atoms with Crippen molar-refractivity contribution in [1.29, 1.82) is 0 Å². The van der Waals surface area contributed by atoms with Crippen LogP contribution in [0, 0.1) is 0 Å². The van der Waals surface area contributed by atoms with E-state index < -0.39 is 0 Å². The van der Waals surface area contributed by atoms with Crippen LogP contribution in [0.2, 0.25) is 0 Å². The van der Waals surface area contributed by atoms with Gasteiger partial charge in [-0.3, -0.25) is 9.59 Å². The zero-order valence-electron chi connectivity index (χ0n) is 18.6. The van der Waals surface area contributed by atoms with Gasteiger partial charge in [-0.05, 0) is 41.8 Å². The summed E-state index contributed by atoms with van der Waals surface area (Å²) in [6, 6.07) is 14.7.